The zero-order chi connectivity index (χ0) is 16.9. The highest BCUT2D eigenvalue weighted by Crippen LogP contribution is 2.24. The van der Waals surface area contributed by atoms with E-state index in [-0.39, 0.29) is 0 Å². The Morgan fingerprint density at radius 1 is 1.04 bits per heavy atom. The lowest BCUT2D eigenvalue weighted by molar-refractivity contribution is -0.106. The van der Waals surface area contributed by atoms with Crippen molar-refractivity contribution in [3.8, 4) is 0 Å². The normalized spacial score (nSPS) is 19.8. The summed E-state index contributed by atoms with van der Waals surface area (Å²) in [4.78, 5) is 15.8. The zero-order valence-electron chi connectivity index (χ0n) is 14.1. The molecule has 132 valence electrons. The summed E-state index contributed by atoms with van der Waals surface area (Å²) in [6, 6.07) is 0. The van der Waals surface area contributed by atoms with Gasteiger partial charge in [-0.2, -0.15) is 0 Å². The van der Waals surface area contributed by atoms with Crippen molar-refractivity contribution in [3.05, 3.63) is 11.9 Å². The number of nitrogens with two attached hydrogens (primary N) is 2. The zero-order valence-corrected chi connectivity index (χ0v) is 15.7. The van der Waals surface area contributed by atoms with E-state index < -0.39 is 0 Å². The smallest absolute Gasteiger partial charge is 0.254 e. The number of hydrogen-bond donors (Lipinski definition) is 2. The predicted octanol–water partition coefficient (Wildman–Crippen LogP) is -0.433. The lowest BCUT2D eigenvalue weighted by atomic mass is 10.2. The van der Waals surface area contributed by atoms with Crippen molar-refractivity contribution in [3.63, 3.8) is 0 Å². The first kappa shape index (κ1) is 17.6. The molecule has 0 amide bonds. The van der Waals surface area contributed by atoms with Gasteiger partial charge in [0.15, 0.2) is 0 Å². The van der Waals surface area contributed by atoms with Crippen LogP contribution in [-0.4, -0.2) is 76.7 Å². The van der Waals surface area contributed by atoms with Gasteiger partial charge in [-0.05, 0) is 45.4 Å². The van der Waals surface area contributed by atoms with Crippen LogP contribution in [0.4, 0.5) is 11.6 Å². The van der Waals surface area contributed by atoms with Crippen molar-refractivity contribution >= 4 is 32.2 Å². The van der Waals surface area contributed by atoms with Crippen molar-refractivity contribution in [1.29, 1.82) is 0 Å². The number of nitrogen functional groups attached to an aromatic ring is 1. The van der Waals surface area contributed by atoms with Gasteiger partial charge < -0.3 is 15.5 Å². The minimum atomic E-state index is 0.419. The molecule has 0 unspecified atom stereocenters. The molecule has 0 atom stereocenters. The molecule has 7 nitrogen and oxygen atoms in total. The second kappa shape index (κ2) is 8.22. The van der Waals surface area contributed by atoms with Crippen molar-refractivity contribution in [2.75, 3.05) is 63.0 Å². The standard InChI is InChI=1S/C16H26BrN7/c17-14(18)13-15(19)20-12-21-16(13)24-10-8-23(9-11-24)7-3-6-22-4-1-2-5-22/h12,18H,1-11H2,(H2,19,20,21)/p+1. The first-order valence-corrected chi connectivity index (χ1v) is 9.53. The van der Waals surface area contributed by atoms with Crippen LogP contribution in [0.5, 0.6) is 0 Å². The summed E-state index contributed by atoms with van der Waals surface area (Å²) in [5, 5.41) is 5.91. The number of anilines is 2. The van der Waals surface area contributed by atoms with Crippen molar-refractivity contribution < 1.29 is 5.41 Å². The van der Waals surface area contributed by atoms with Crippen LogP contribution in [0.15, 0.2) is 6.33 Å². The molecule has 2 aliphatic rings. The molecular formula is C16H27BrN7+. The molecule has 2 fully saturated rings. The lowest BCUT2D eigenvalue weighted by Gasteiger charge is -2.36. The Morgan fingerprint density at radius 3 is 2.29 bits per heavy atom. The largest absolute Gasteiger partial charge is 0.383 e. The Hall–Kier alpha value is -1.25. The molecule has 2 aliphatic heterocycles. The number of nitrogens with zero attached hydrogens (tertiary/aromatic N) is 5. The molecule has 0 bridgehead atoms. The number of rotatable bonds is 6. The fourth-order valence-electron chi connectivity index (χ4n) is 3.57. The van der Waals surface area contributed by atoms with Gasteiger partial charge in [0.25, 0.3) is 4.62 Å². The Morgan fingerprint density at radius 2 is 1.67 bits per heavy atom. The van der Waals surface area contributed by atoms with Crippen LogP contribution in [0.25, 0.3) is 0 Å². The molecule has 0 radical (unpaired) electrons. The Kier molecular flexibility index (Phi) is 6.02. The van der Waals surface area contributed by atoms with Gasteiger partial charge in [0.2, 0.25) is 0 Å². The molecule has 3 heterocycles. The molecule has 4 N–H and O–H groups in total. The van der Waals surface area contributed by atoms with Gasteiger partial charge in [-0.1, -0.05) is 0 Å². The minimum Gasteiger partial charge on any atom is -0.383 e. The highest BCUT2D eigenvalue weighted by Gasteiger charge is 2.24. The quantitative estimate of drug-likeness (QED) is 0.634. The van der Waals surface area contributed by atoms with E-state index in [0.29, 0.717) is 16.0 Å². The van der Waals surface area contributed by atoms with E-state index in [9.17, 15) is 0 Å². The average molecular weight is 397 g/mol. The molecular weight excluding hydrogens is 370 g/mol. The summed E-state index contributed by atoms with van der Waals surface area (Å²) in [5.74, 6) is 1.25. The fourth-order valence-corrected chi connectivity index (χ4v) is 3.95. The van der Waals surface area contributed by atoms with E-state index in [1.54, 1.807) is 0 Å². The summed E-state index contributed by atoms with van der Waals surface area (Å²) >= 11 is 3.32. The van der Waals surface area contributed by atoms with Crippen molar-refractivity contribution in [2.45, 2.75) is 19.3 Å². The van der Waals surface area contributed by atoms with Crippen LogP contribution in [0.1, 0.15) is 24.8 Å². The average Bonchev–Trinajstić information content (AvgIpc) is 3.08. The van der Waals surface area contributed by atoms with Crippen LogP contribution in [0.2, 0.25) is 0 Å². The molecule has 0 saturated carbocycles. The first-order valence-electron chi connectivity index (χ1n) is 8.73. The van der Waals surface area contributed by atoms with E-state index in [2.05, 4.69) is 40.6 Å². The van der Waals surface area contributed by atoms with E-state index in [1.165, 1.54) is 51.8 Å². The summed E-state index contributed by atoms with van der Waals surface area (Å²) in [6.07, 6.45) is 5.51. The second-order valence-corrected chi connectivity index (χ2v) is 7.39. The lowest BCUT2D eigenvalue weighted by Crippen LogP contribution is -2.48. The Balaban J connectivity index is 1.50. The molecule has 1 aromatic heterocycles. The third-order valence-corrected chi connectivity index (χ3v) is 5.31. The van der Waals surface area contributed by atoms with Gasteiger partial charge in [-0.3, -0.25) is 4.90 Å². The van der Waals surface area contributed by atoms with Crippen LogP contribution in [0, 0.1) is 0 Å². The van der Waals surface area contributed by atoms with Crippen molar-refractivity contribution in [1.82, 2.24) is 19.8 Å². The molecule has 0 aliphatic carbocycles. The maximum atomic E-state index is 5.96. The van der Waals surface area contributed by atoms with Gasteiger partial charge in [0.1, 0.15) is 23.5 Å². The number of hydrogen-bond acceptors (Lipinski definition) is 6. The van der Waals surface area contributed by atoms with Gasteiger partial charge in [0, 0.05) is 42.1 Å². The van der Waals surface area contributed by atoms with Crippen LogP contribution in [0.3, 0.4) is 0 Å². The van der Waals surface area contributed by atoms with E-state index in [1.807, 2.05) is 0 Å². The monoisotopic (exact) mass is 396 g/mol. The topological polar surface area (TPSA) is 87.1 Å². The number of aromatic nitrogens is 2. The van der Waals surface area contributed by atoms with E-state index in [0.717, 1.165) is 32.0 Å². The molecule has 24 heavy (non-hydrogen) atoms. The Bertz CT molecular complexity index is 566. The van der Waals surface area contributed by atoms with Gasteiger partial charge >= 0.3 is 0 Å². The maximum absolute atomic E-state index is 5.96. The maximum Gasteiger partial charge on any atom is 0.254 e. The van der Waals surface area contributed by atoms with E-state index in [4.69, 9.17) is 11.1 Å². The molecule has 3 rings (SSSR count). The number of likely N-dealkylation sites (tertiary alicyclic amines) is 1. The molecule has 1 aromatic rings. The van der Waals surface area contributed by atoms with Crippen LogP contribution in [-0.2, 0) is 0 Å². The number of halogens is 1. The SMILES string of the molecule is Nc1ncnc(N2CCN(CCCN3CCCC3)CC2)c1C(=[NH2+])Br. The third-order valence-electron chi connectivity index (χ3n) is 4.91. The van der Waals surface area contributed by atoms with Gasteiger partial charge in [-0.25, -0.2) is 15.4 Å². The molecule has 8 heteroatoms. The molecule has 2 saturated heterocycles. The number of piperazine rings is 1. The van der Waals surface area contributed by atoms with E-state index >= 15 is 0 Å². The summed E-state index contributed by atoms with van der Waals surface area (Å²) in [6.45, 7) is 8.96. The highest BCUT2D eigenvalue weighted by molar-refractivity contribution is 9.18. The minimum absolute atomic E-state index is 0.419. The summed E-state index contributed by atoms with van der Waals surface area (Å²) in [7, 11) is 0. The Labute approximate surface area is 151 Å². The van der Waals surface area contributed by atoms with Crippen molar-refractivity contribution in [2.24, 2.45) is 0 Å². The third kappa shape index (κ3) is 4.23. The molecule has 0 aromatic carbocycles. The highest BCUT2D eigenvalue weighted by atomic mass is 79.9. The molecule has 0 spiro atoms. The summed E-state index contributed by atoms with van der Waals surface area (Å²) < 4.78 is 0.489. The fraction of sp³-hybridized carbons (Fsp3) is 0.688. The summed E-state index contributed by atoms with van der Waals surface area (Å²) in [5.41, 5.74) is 6.67. The van der Waals surface area contributed by atoms with Crippen LogP contribution < -0.4 is 16.0 Å². The second-order valence-electron chi connectivity index (χ2n) is 6.54. The van der Waals surface area contributed by atoms with Gasteiger partial charge in [0.05, 0.1) is 0 Å². The van der Waals surface area contributed by atoms with Crippen LogP contribution >= 0.6 is 15.9 Å². The first-order chi connectivity index (χ1) is 11.6. The van der Waals surface area contributed by atoms with Gasteiger partial charge in [-0.15, -0.1) is 0 Å². The predicted molar refractivity (Wildman–Crippen MR) is 100 cm³/mol.